The highest BCUT2D eigenvalue weighted by Crippen LogP contribution is 2.20. The van der Waals surface area contributed by atoms with E-state index < -0.39 is 0 Å². The van der Waals surface area contributed by atoms with Gasteiger partial charge in [0.05, 0.1) is 5.69 Å². The molecule has 4 heteroatoms. The summed E-state index contributed by atoms with van der Waals surface area (Å²) in [5, 5.41) is 3.42. The van der Waals surface area contributed by atoms with Crippen molar-refractivity contribution < 1.29 is 0 Å². The summed E-state index contributed by atoms with van der Waals surface area (Å²) in [7, 11) is 0. The van der Waals surface area contributed by atoms with E-state index in [1.165, 1.54) is 12.8 Å². The fourth-order valence-corrected chi connectivity index (χ4v) is 2.35. The number of aromatic nitrogens is 2. The van der Waals surface area contributed by atoms with Gasteiger partial charge in [-0.2, -0.15) is 0 Å². The van der Waals surface area contributed by atoms with Crippen molar-refractivity contribution >= 4 is 5.65 Å². The molecule has 3 rings (SSSR count). The molecular weight excluding hydrogens is 214 g/mol. The molecule has 1 atom stereocenters. The average molecular weight is 229 g/mol. The Balaban J connectivity index is 2.08. The highest BCUT2D eigenvalue weighted by Gasteiger charge is 2.17. The van der Waals surface area contributed by atoms with Crippen LogP contribution in [0.3, 0.4) is 0 Å². The number of pyridine rings is 1. The van der Waals surface area contributed by atoms with E-state index in [1.807, 2.05) is 18.2 Å². The Labute approximate surface area is 99.3 Å². The molecule has 2 aromatic heterocycles. The van der Waals surface area contributed by atoms with Crippen molar-refractivity contribution in [1.29, 1.82) is 0 Å². The van der Waals surface area contributed by atoms with Crippen molar-refractivity contribution in [3.63, 3.8) is 0 Å². The first-order valence-electron chi connectivity index (χ1n) is 6.06. The maximum absolute atomic E-state index is 11.9. The first-order chi connectivity index (χ1) is 8.34. The third kappa shape index (κ3) is 1.96. The molecule has 17 heavy (non-hydrogen) atoms. The number of rotatable bonds is 1. The van der Waals surface area contributed by atoms with Gasteiger partial charge in [0.2, 0.25) is 0 Å². The lowest BCUT2D eigenvalue weighted by molar-refractivity contribution is 0.405. The van der Waals surface area contributed by atoms with Crippen LogP contribution in [0.4, 0.5) is 0 Å². The van der Waals surface area contributed by atoms with Crippen molar-refractivity contribution in [1.82, 2.24) is 14.7 Å². The van der Waals surface area contributed by atoms with Crippen LogP contribution in [0.1, 0.15) is 31.0 Å². The largest absolute Gasteiger partial charge is 0.309 e. The van der Waals surface area contributed by atoms with Gasteiger partial charge in [0, 0.05) is 18.3 Å². The molecule has 2 aromatic rings. The molecule has 0 radical (unpaired) electrons. The van der Waals surface area contributed by atoms with Crippen LogP contribution in [-0.4, -0.2) is 15.9 Å². The van der Waals surface area contributed by atoms with Gasteiger partial charge in [-0.1, -0.05) is 12.5 Å². The summed E-state index contributed by atoms with van der Waals surface area (Å²) in [6.07, 6.45) is 5.23. The topological polar surface area (TPSA) is 46.4 Å². The van der Waals surface area contributed by atoms with Gasteiger partial charge in [0.25, 0.3) is 5.56 Å². The molecule has 0 aromatic carbocycles. The number of hydrogen-bond donors (Lipinski definition) is 1. The number of piperidine rings is 1. The lowest BCUT2D eigenvalue weighted by Gasteiger charge is -2.22. The van der Waals surface area contributed by atoms with Gasteiger partial charge in [0.15, 0.2) is 0 Å². The summed E-state index contributed by atoms with van der Waals surface area (Å²) in [5.41, 5.74) is 1.60. The minimum atomic E-state index is -0.00188. The predicted molar refractivity (Wildman–Crippen MR) is 66.1 cm³/mol. The zero-order chi connectivity index (χ0) is 11.7. The van der Waals surface area contributed by atoms with Crippen LogP contribution < -0.4 is 10.9 Å². The minimum Gasteiger partial charge on any atom is -0.309 e. The smallest absolute Gasteiger partial charge is 0.258 e. The summed E-state index contributed by atoms with van der Waals surface area (Å²) >= 11 is 0. The van der Waals surface area contributed by atoms with E-state index >= 15 is 0 Å². The Morgan fingerprint density at radius 2 is 2.29 bits per heavy atom. The van der Waals surface area contributed by atoms with Crippen LogP contribution in [0.15, 0.2) is 35.3 Å². The lowest BCUT2D eigenvalue weighted by atomic mass is 10.0. The van der Waals surface area contributed by atoms with E-state index in [9.17, 15) is 4.79 Å². The van der Waals surface area contributed by atoms with Crippen LogP contribution in [0.5, 0.6) is 0 Å². The quantitative estimate of drug-likeness (QED) is 0.806. The molecule has 0 saturated carbocycles. The van der Waals surface area contributed by atoms with Crippen molar-refractivity contribution in [2.24, 2.45) is 0 Å². The first kappa shape index (κ1) is 10.5. The van der Waals surface area contributed by atoms with E-state index in [0.717, 1.165) is 24.3 Å². The second kappa shape index (κ2) is 4.30. The van der Waals surface area contributed by atoms with Crippen molar-refractivity contribution in [2.45, 2.75) is 25.3 Å². The van der Waals surface area contributed by atoms with Gasteiger partial charge >= 0.3 is 0 Å². The van der Waals surface area contributed by atoms with Gasteiger partial charge in [-0.15, -0.1) is 0 Å². The van der Waals surface area contributed by atoms with Crippen molar-refractivity contribution in [3.8, 4) is 0 Å². The molecule has 1 aliphatic rings. The van der Waals surface area contributed by atoms with Gasteiger partial charge in [-0.25, -0.2) is 4.98 Å². The summed E-state index contributed by atoms with van der Waals surface area (Å²) < 4.78 is 1.58. The minimum absolute atomic E-state index is 0.00188. The Morgan fingerprint density at radius 1 is 1.35 bits per heavy atom. The summed E-state index contributed by atoms with van der Waals surface area (Å²) in [4.78, 5) is 16.5. The first-order valence-corrected chi connectivity index (χ1v) is 6.06. The highest BCUT2D eigenvalue weighted by molar-refractivity contribution is 5.38. The molecule has 1 fully saturated rings. The molecule has 3 heterocycles. The average Bonchev–Trinajstić information content (AvgIpc) is 2.40. The van der Waals surface area contributed by atoms with Crippen LogP contribution >= 0.6 is 0 Å². The molecular formula is C13H15N3O. The van der Waals surface area contributed by atoms with Gasteiger partial charge < -0.3 is 5.32 Å². The Hall–Kier alpha value is -1.68. The maximum atomic E-state index is 11.9. The van der Waals surface area contributed by atoms with E-state index in [-0.39, 0.29) is 11.6 Å². The molecule has 0 bridgehead atoms. The molecule has 1 unspecified atom stereocenters. The van der Waals surface area contributed by atoms with Crippen LogP contribution in [-0.2, 0) is 0 Å². The van der Waals surface area contributed by atoms with Gasteiger partial charge in [-0.05, 0) is 31.5 Å². The van der Waals surface area contributed by atoms with E-state index in [2.05, 4.69) is 10.3 Å². The van der Waals surface area contributed by atoms with Crippen molar-refractivity contribution in [3.05, 3.63) is 46.5 Å². The Bertz CT molecular complexity index is 584. The van der Waals surface area contributed by atoms with E-state index in [1.54, 1.807) is 16.7 Å². The standard InChI is InChI=1S/C13H15N3O/c17-13-9-11(10-5-1-3-7-14-10)15-12-6-2-4-8-16(12)13/h2,4,6,8-10,14H,1,3,5,7H2. The zero-order valence-electron chi connectivity index (χ0n) is 9.60. The predicted octanol–water partition coefficient (Wildman–Crippen LogP) is 1.51. The van der Waals surface area contributed by atoms with Gasteiger partial charge in [0.1, 0.15) is 5.65 Å². The fourth-order valence-electron chi connectivity index (χ4n) is 2.35. The second-order valence-electron chi connectivity index (χ2n) is 4.45. The van der Waals surface area contributed by atoms with Crippen LogP contribution in [0.25, 0.3) is 5.65 Å². The van der Waals surface area contributed by atoms with Crippen LogP contribution in [0, 0.1) is 0 Å². The summed E-state index contributed by atoms with van der Waals surface area (Å²) in [6, 6.07) is 7.50. The van der Waals surface area contributed by atoms with E-state index in [4.69, 9.17) is 0 Å². The Morgan fingerprint density at radius 3 is 3.12 bits per heavy atom. The molecule has 0 amide bonds. The maximum Gasteiger partial charge on any atom is 0.258 e. The number of hydrogen-bond acceptors (Lipinski definition) is 3. The molecule has 0 spiro atoms. The van der Waals surface area contributed by atoms with Gasteiger partial charge in [-0.3, -0.25) is 9.20 Å². The lowest BCUT2D eigenvalue weighted by Crippen LogP contribution is -2.29. The molecule has 1 saturated heterocycles. The Kier molecular flexibility index (Phi) is 2.65. The number of nitrogens with zero attached hydrogens (tertiary/aromatic N) is 2. The summed E-state index contributed by atoms with van der Waals surface area (Å²) in [6.45, 7) is 1.01. The molecule has 0 aliphatic carbocycles. The fraction of sp³-hybridized carbons (Fsp3) is 0.385. The third-order valence-corrected chi connectivity index (χ3v) is 3.26. The number of nitrogens with one attached hydrogen (secondary N) is 1. The molecule has 1 N–H and O–H groups in total. The molecule has 1 aliphatic heterocycles. The monoisotopic (exact) mass is 229 g/mol. The van der Waals surface area contributed by atoms with Crippen LogP contribution in [0.2, 0.25) is 0 Å². The second-order valence-corrected chi connectivity index (χ2v) is 4.45. The molecule has 88 valence electrons. The normalized spacial score (nSPS) is 20.6. The van der Waals surface area contributed by atoms with Crippen molar-refractivity contribution in [2.75, 3.05) is 6.54 Å². The van der Waals surface area contributed by atoms with E-state index in [0.29, 0.717) is 0 Å². The number of fused-ring (bicyclic) bond motifs is 1. The zero-order valence-corrected chi connectivity index (χ0v) is 9.60. The highest BCUT2D eigenvalue weighted by atomic mass is 16.1. The third-order valence-electron chi connectivity index (χ3n) is 3.26. The molecule has 4 nitrogen and oxygen atoms in total. The SMILES string of the molecule is O=c1cc(C2CCCCN2)nc2ccccn12. The summed E-state index contributed by atoms with van der Waals surface area (Å²) in [5.74, 6) is 0.